The molecule has 3 heteroatoms. The minimum absolute atomic E-state index is 0.691. The largest absolute Gasteiger partial charge is 0.384 e. The van der Waals surface area contributed by atoms with Gasteiger partial charge in [-0.2, -0.15) is 0 Å². The number of rotatable bonds is 7. The molecule has 1 aromatic heterocycles. The molecule has 0 aliphatic rings. The molecule has 2 N–H and O–H groups in total. The molecule has 0 aliphatic carbocycles. The third-order valence-electron chi connectivity index (χ3n) is 3.73. The van der Waals surface area contributed by atoms with E-state index >= 15 is 0 Å². The highest BCUT2D eigenvalue weighted by molar-refractivity contribution is 5.51. The van der Waals surface area contributed by atoms with Gasteiger partial charge in [0.2, 0.25) is 0 Å². The predicted octanol–water partition coefficient (Wildman–Crippen LogP) is 3.45. The van der Waals surface area contributed by atoms with Crippen LogP contribution in [0.3, 0.4) is 0 Å². The van der Waals surface area contributed by atoms with Gasteiger partial charge in [0, 0.05) is 36.2 Å². The number of pyridine rings is 1. The summed E-state index contributed by atoms with van der Waals surface area (Å²) in [5.74, 6) is 2.09. The molecule has 0 aliphatic heterocycles. The lowest BCUT2D eigenvalue weighted by Gasteiger charge is -2.26. The Hall–Kier alpha value is -1.09. The zero-order valence-electron chi connectivity index (χ0n) is 13.2. The van der Waals surface area contributed by atoms with E-state index in [1.165, 1.54) is 11.3 Å². The number of aromatic nitrogens is 1. The Bertz CT molecular complexity index is 378. The maximum Gasteiger partial charge on any atom is 0.0419 e. The fourth-order valence-electron chi connectivity index (χ4n) is 2.55. The normalized spacial score (nSPS) is 11.6. The quantitative estimate of drug-likeness (QED) is 0.791. The Kier molecular flexibility index (Phi) is 6.29. The van der Waals surface area contributed by atoms with E-state index < -0.39 is 0 Å². The Morgan fingerprint density at radius 3 is 2.32 bits per heavy atom. The van der Waals surface area contributed by atoms with Crippen molar-refractivity contribution in [1.29, 1.82) is 0 Å². The van der Waals surface area contributed by atoms with Crippen molar-refractivity contribution in [2.24, 2.45) is 17.8 Å². The topological polar surface area (TPSA) is 37.0 Å². The lowest BCUT2D eigenvalue weighted by atomic mass is 9.85. The van der Waals surface area contributed by atoms with Crippen molar-refractivity contribution in [2.75, 3.05) is 18.9 Å². The van der Waals surface area contributed by atoms with Gasteiger partial charge in [-0.1, -0.05) is 27.7 Å². The maximum atomic E-state index is 4.38. The van der Waals surface area contributed by atoms with Gasteiger partial charge in [-0.05, 0) is 37.8 Å². The maximum absolute atomic E-state index is 4.38. The van der Waals surface area contributed by atoms with Gasteiger partial charge in [-0.15, -0.1) is 0 Å². The third-order valence-corrected chi connectivity index (χ3v) is 3.73. The van der Waals surface area contributed by atoms with E-state index in [2.05, 4.69) is 49.4 Å². The molecule has 0 saturated carbocycles. The van der Waals surface area contributed by atoms with E-state index in [9.17, 15) is 0 Å². The van der Waals surface area contributed by atoms with Crippen LogP contribution in [0, 0.1) is 24.7 Å². The lowest BCUT2D eigenvalue weighted by Crippen LogP contribution is -2.25. The van der Waals surface area contributed by atoms with Crippen LogP contribution in [-0.4, -0.2) is 18.6 Å². The number of nitrogens with zero attached hydrogens (tertiary/aromatic N) is 1. The highest BCUT2D eigenvalue weighted by Crippen LogP contribution is 2.23. The first-order chi connectivity index (χ1) is 8.95. The molecular weight excluding hydrogens is 234 g/mol. The molecule has 0 atom stereocenters. The second kappa shape index (κ2) is 7.49. The lowest BCUT2D eigenvalue weighted by molar-refractivity contribution is 0.304. The second-order valence-corrected chi connectivity index (χ2v) is 6.05. The van der Waals surface area contributed by atoms with Crippen LogP contribution in [0.15, 0.2) is 12.3 Å². The summed E-state index contributed by atoms with van der Waals surface area (Å²) in [5, 5.41) is 6.82. The molecule has 19 heavy (non-hydrogen) atoms. The molecule has 0 bridgehead atoms. The van der Waals surface area contributed by atoms with Gasteiger partial charge < -0.3 is 10.6 Å². The molecule has 1 aromatic rings. The molecule has 0 radical (unpaired) electrons. The summed E-state index contributed by atoms with van der Waals surface area (Å²) in [4.78, 5) is 4.38. The Labute approximate surface area is 118 Å². The third kappa shape index (κ3) is 4.83. The van der Waals surface area contributed by atoms with E-state index in [1.807, 2.05) is 20.2 Å². The van der Waals surface area contributed by atoms with Crippen LogP contribution in [0.1, 0.15) is 39.0 Å². The monoisotopic (exact) mass is 263 g/mol. The molecular formula is C16H29N3. The van der Waals surface area contributed by atoms with Crippen molar-refractivity contribution in [2.45, 2.75) is 41.2 Å². The van der Waals surface area contributed by atoms with E-state index in [1.54, 1.807) is 0 Å². The van der Waals surface area contributed by atoms with Gasteiger partial charge in [-0.25, -0.2) is 0 Å². The summed E-state index contributed by atoms with van der Waals surface area (Å²) in [7, 11) is 1.97. The SMILES string of the molecule is CNCc1cnc(C)cc1NCC(C(C)C)C(C)C. The molecule has 1 heterocycles. The van der Waals surface area contributed by atoms with Crippen LogP contribution in [-0.2, 0) is 6.54 Å². The first kappa shape index (κ1) is 16.0. The van der Waals surface area contributed by atoms with Crippen molar-refractivity contribution in [1.82, 2.24) is 10.3 Å². The van der Waals surface area contributed by atoms with Crippen molar-refractivity contribution in [3.05, 3.63) is 23.5 Å². The average Bonchev–Trinajstić information content (AvgIpc) is 2.32. The fraction of sp³-hybridized carbons (Fsp3) is 0.688. The van der Waals surface area contributed by atoms with Crippen LogP contribution < -0.4 is 10.6 Å². The highest BCUT2D eigenvalue weighted by atomic mass is 14.9. The smallest absolute Gasteiger partial charge is 0.0419 e. The standard InChI is InChI=1S/C16H29N3/c1-11(2)15(12(3)4)10-19-16-7-13(5)18-9-14(16)8-17-6/h7,9,11-12,15,17H,8,10H2,1-6H3,(H,18,19). The molecule has 0 fully saturated rings. The molecule has 0 saturated heterocycles. The van der Waals surface area contributed by atoms with Crippen molar-refractivity contribution in [3.8, 4) is 0 Å². The summed E-state index contributed by atoms with van der Waals surface area (Å²) < 4.78 is 0. The molecule has 108 valence electrons. The van der Waals surface area contributed by atoms with Gasteiger partial charge in [-0.3, -0.25) is 4.98 Å². The van der Waals surface area contributed by atoms with Gasteiger partial charge in [0.05, 0.1) is 0 Å². The zero-order chi connectivity index (χ0) is 14.4. The first-order valence-corrected chi connectivity index (χ1v) is 7.29. The van der Waals surface area contributed by atoms with E-state index in [-0.39, 0.29) is 0 Å². The minimum Gasteiger partial charge on any atom is -0.384 e. The summed E-state index contributed by atoms with van der Waals surface area (Å²) in [5.41, 5.74) is 3.51. The van der Waals surface area contributed by atoms with Crippen LogP contribution in [0.5, 0.6) is 0 Å². The number of nitrogens with one attached hydrogen (secondary N) is 2. The van der Waals surface area contributed by atoms with Crippen molar-refractivity contribution in [3.63, 3.8) is 0 Å². The minimum atomic E-state index is 0.691. The predicted molar refractivity (Wildman–Crippen MR) is 83.4 cm³/mol. The average molecular weight is 263 g/mol. The van der Waals surface area contributed by atoms with E-state index in [0.717, 1.165) is 18.8 Å². The van der Waals surface area contributed by atoms with Crippen LogP contribution in [0.4, 0.5) is 5.69 Å². The molecule has 0 unspecified atom stereocenters. The Balaban J connectivity index is 2.77. The molecule has 1 rings (SSSR count). The zero-order valence-corrected chi connectivity index (χ0v) is 13.2. The number of hydrogen-bond donors (Lipinski definition) is 2. The Morgan fingerprint density at radius 1 is 1.16 bits per heavy atom. The summed E-state index contributed by atoms with van der Waals surface area (Å²) in [6, 6.07) is 2.14. The Morgan fingerprint density at radius 2 is 1.79 bits per heavy atom. The van der Waals surface area contributed by atoms with Crippen LogP contribution in [0.2, 0.25) is 0 Å². The van der Waals surface area contributed by atoms with Crippen molar-refractivity contribution >= 4 is 5.69 Å². The van der Waals surface area contributed by atoms with Gasteiger partial charge in [0.15, 0.2) is 0 Å². The molecule has 0 aromatic carbocycles. The van der Waals surface area contributed by atoms with E-state index in [4.69, 9.17) is 0 Å². The highest BCUT2D eigenvalue weighted by Gasteiger charge is 2.17. The summed E-state index contributed by atoms with van der Waals surface area (Å²) >= 11 is 0. The summed E-state index contributed by atoms with van der Waals surface area (Å²) in [6.45, 7) is 13.1. The van der Waals surface area contributed by atoms with Crippen LogP contribution >= 0.6 is 0 Å². The van der Waals surface area contributed by atoms with Crippen molar-refractivity contribution < 1.29 is 0 Å². The first-order valence-electron chi connectivity index (χ1n) is 7.29. The molecule has 3 nitrogen and oxygen atoms in total. The molecule has 0 spiro atoms. The number of aryl methyl sites for hydroxylation is 1. The van der Waals surface area contributed by atoms with Gasteiger partial charge in [0.1, 0.15) is 0 Å². The molecule has 0 amide bonds. The van der Waals surface area contributed by atoms with E-state index in [0.29, 0.717) is 17.8 Å². The van der Waals surface area contributed by atoms with Crippen LogP contribution in [0.25, 0.3) is 0 Å². The fourth-order valence-corrected chi connectivity index (χ4v) is 2.55. The number of anilines is 1. The van der Waals surface area contributed by atoms with Gasteiger partial charge >= 0.3 is 0 Å². The summed E-state index contributed by atoms with van der Waals surface area (Å²) in [6.07, 6.45) is 1.97. The second-order valence-electron chi connectivity index (χ2n) is 6.05. The number of hydrogen-bond acceptors (Lipinski definition) is 3. The van der Waals surface area contributed by atoms with Gasteiger partial charge in [0.25, 0.3) is 0 Å².